The Morgan fingerprint density at radius 2 is 1.93 bits per heavy atom. The average Bonchev–Trinajstić information content (AvgIpc) is 2.51. The monoisotopic (exact) mass is 195 g/mol. The van der Waals surface area contributed by atoms with E-state index in [4.69, 9.17) is 0 Å². The van der Waals surface area contributed by atoms with Crippen molar-refractivity contribution in [3.05, 3.63) is 17.5 Å². The number of rotatable bonds is 1. The van der Waals surface area contributed by atoms with Crippen molar-refractivity contribution in [3.63, 3.8) is 0 Å². The summed E-state index contributed by atoms with van der Waals surface area (Å²) >= 11 is 0. The summed E-state index contributed by atoms with van der Waals surface area (Å²) < 4.78 is 6.80. The van der Waals surface area contributed by atoms with Crippen LogP contribution in [0.2, 0.25) is 0 Å². The lowest BCUT2D eigenvalue weighted by molar-refractivity contribution is -0.138. The Labute approximate surface area is 84.7 Å². The molecule has 78 valence electrons. The summed E-state index contributed by atoms with van der Waals surface area (Å²) in [5.74, 6) is 0. The van der Waals surface area contributed by atoms with Crippen LogP contribution in [0.5, 0.6) is 0 Å². The molecule has 0 N–H and O–H groups in total. The van der Waals surface area contributed by atoms with Gasteiger partial charge in [0.25, 0.3) is 6.47 Å². The highest BCUT2D eigenvalue weighted by molar-refractivity contribution is 5.59. The van der Waals surface area contributed by atoms with Gasteiger partial charge in [0.2, 0.25) is 0 Å². The molecule has 0 spiro atoms. The fourth-order valence-corrected chi connectivity index (χ4v) is 1.23. The van der Waals surface area contributed by atoms with E-state index in [1.165, 1.54) is 17.1 Å². The van der Waals surface area contributed by atoms with Crippen LogP contribution in [0.25, 0.3) is 5.69 Å². The topological polar surface area (TPSA) is 31.2 Å². The van der Waals surface area contributed by atoms with E-state index in [-0.39, 0.29) is 5.60 Å². The van der Waals surface area contributed by atoms with Gasteiger partial charge < -0.3 is 9.30 Å². The van der Waals surface area contributed by atoms with Crippen LogP contribution in [0.3, 0.4) is 0 Å². The molecule has 0 fully saturated rings. The van der Waals surface area contributed by atoms with E-state index in [0.29, 0.717) is 6.47 Å². The largest absolute Gasteiger partial charge is 0.462 e. The number of hydrogen-bond donors (Lipinski definition) is 0. The van der Waals surface area contributed by atoms with Gasteiger partial charge in [-0.25, -0.2) is 0 Å². The second-order valence-electron chi connectivity index (χ2n) is 4.42. The summed E-state index contributed by atoms with van der Waals surface area (Å²) in [6, 6.07) is 2.20. The number of aryl methyl sites for hydroxylation is 2. The van der Waals surface area contributed by atoms with Crippen molar-refractivity contribution in [2.45, 2.75) is 40.2 Å². The second-order valence-corrected chi connectivity index (χ2v) is 4.42. The Bertz CT molecular complexity index is 338. The minimum Gasteiger partial charge on any atom is -0.462 e. The molecule has 0 aromatic carbocycles. The van der Waals surface area contributed by atoms with Gasteiger partial charge in [0, 0.05) is 11.4 Å². The maximum atomic E-state index is 9.60. The Morgan fingerprint density at radius 1 is 1.36 bits per heavy atom. The molecule has 3 heteroatoms. The van der Waals surface area contributed by atoms with Crippen molar-refractivity contribution in [2.24, 2.45) is 0 Å². The van der Waals surface area contributed by atoms with Gasteiger partial charge in [-0.15, -0.1) is 0 Å². The molecule has 14 heavy (non-hydrogen) atoms. The highest BCUT2D eigenvalue weighted by atomic mass is 16.5. The number of hydrogen-bond acceptors (Lipinski definition) is 2. The summed E-state index contributed by atoms with van der Waals surface area (Å²) in [5.41, 5.74) is 3.96. The Hall–Kier alpha value is -1.25. The average molecular weight is 195 g/mol. The molecule has 2 rings (SSSR count). The molecule has 0 aromatic rings. The van der Waals surface area contributed by atoms with Gasteiger partial charge in [0.1, 0.15) is 5.60 Å². The normalized spacial score (nSPS) is 11.5. The van der Waals surface area contributed by atoms with E-state index in [1.54, 1.807) is 0 Å². The van der Waals surface area contributed by atoms with Crippen LogP contribution in [0.4, 0.5) is 0 Å². The summed E-state index contributed by atoms with van der Waals surface area (Å²) in [5, 5.41) is 0. The van der Waals surface area contributed by atoms with Crippen LogP contribution in [-0.2, 0) is 9.53 Å². The molecular formula is C11H17NO2. The summed E-state index contributed by atoms with van der Waals surface area (Å²) in [6.45, 7) is 10.2. The van der Waals surface area contributed by atoms with Gasteiger partial charge in [0.05, 0.1) is 5.69 Å². The third-order valence-corrected chi connectivity index (χ3v) is 2.00. The maximum Gasteiger partial charge on any atom is 0.293 e. The molecule has 3 nitrogen and oxygen atoms in total. The van der Waals surface area contributed by atoms with Crippen molar-refractivity contribution in [1.82, 2.24) is 4.57 Å². The predicted octanol–water partition coefficient (Wildman–Crippen LogP) is 2.37. The van der Waals surface area contributed by atoms with E-state index < -0.39 is 0 Å². The van der Waals surface area contributed by atoms with Crippen molar-refractivity contribution in [1.29, 1.82) is 0 Å². The molecule has 0 amide bonds. The Kier molecular flexibility index (Phi) is 2.69. The van der Waals surface area contributed by atoms with Gasteiger partial charge in [0.15, 0.2) is 0 Å². The minimum atomic E-state index is -0.318. The molecule has 0 atom stereocenters. The number of nitrogens with zero attached hydrogens (tertiary/aromatic N) is 1. The third kappa shape index (κ3) is 2.37. The molecule has 0 unspecified atom stereocenters. The highest BCUT2D eigenvalue weighted by Crippen LogP contribution is 2.34. The van der Waals surface area contributed by atoms with E-state index in [0.717, 1.165) is 0 Å². The zero-order valence-electron chi connectivity index (χ0n) is 9.42. The molecule has 0 radical (unpaired) electrons. The molecular weight excluding hydrogens is 178 g/mol. The van der Waals surface area contributed by atoms with Crippen LogP contribution in [0.15, 0.2) is 6.07 Å². The Morgan fingerprint density at radius 3 is 1.93 bits per heavy atom. The first-order valence-electron chi connectivity index (χ1n) is 4.67. The van der Waals surface area contributed by atoms with Crippen molar-refractivity contribution < 1.29 is 9.53 Å². The second kappa shape index (κ2) is 3.48. The molecule has 2 aliphatic heterocycles. The lowest BCUT2D eigenvalue weighted by Crippen LogP contribution is -2.17. The number of aromatic nitrogens is 1. The quantitative estimate of drug-likeness (QED) is 0.654. The zero-order valence-corrected chi connectivity index (χ0v) is 9.42. The molecule has 0 bridgehead atoms. The highest BCUT2D eigenvalue weighted by Gasteiger charge is 2.23. The van der Waals surface area contributed by atoms with E-state index in [2.05, 4.69) is 29.2 Å². The molecule has 0 saturated heterocycles. The van der Waals surface area contributed by atoms with Crippen LogP contribution >= 0.6 is 0 Å². The summed E-state index contributed by atoms with van der Waals surface area (Å²) in [6.07, 6.45) is 0. The first kappa shape index (κ1) is 10.8. The summed E-state index contributed by atoms with van der Waals surface area (Å²) in [4.78, 5) is 9.60. The Balaban J connectivity index is 0.000000140. The van der Waals surface area contributed by atoms with Crippen LogP contribution in [0.1, 0.15) is 32.2 Å². The minimum absolute atomic E-state index is 0.318. The fourth-order valence-electron chi connectivity index (χ4n) is 1.23. The van der Waals surface area contributed by atoms with Gasteiger partial charge in [-0.3, -0.25) is 4.79 Å². The van der Waals surface area contributed by atoms with Crippen LogP contribution in [0, 0.1) is 13.8 Å². The number of ether oxygens (including phenoxy) is 1. The third-order valence-electron chi connectivity index (χ3n) is 2.00. The summed E-state index contributed by atoms with van der Waals surface area (Å²) in [7, 11) is 0. The van der Waals surface area contributed by atoms with Gasteiger partial charge in [-0.2, -0.15) is 0 Å². The van der Waals surface area contributed by atoms with E-state index >= 15 is 0 Å². The van der Waals surface area contributed by atoms with Gasteiger partial charge in [-0.1, -0.05) is 0 Å². The number of fused-ring (bicyclic) bond motifs is 1. The standard InChI is InChI=1S/C6H7N.C5H10O2/c1-4-3-6-5(2)7(4)6;1-5(2,3)7-4-6/h3H,1-2H3;4H,1-3H3. The lowest BCUT2D eigenvalue weighted by atomic mass is 10.2. The maximum absolute atomic E-state index is 9.60. The van der Waals surface area contributed by atoms with Crippen LogP contribution in [-0.4, -0.2) is 16.6 Å². The van der Waals surface area contributed by atoms with Crippen molar-refractivity contribution in [3.8, 4) is 5.69 Å². The first-order valence-corrected chi connectivity index (χ1v) is 4.67. The molecule has 0 saturated carbocycles. The molecule has 2 aliphatic rings. The van der Waals surface area contributed by atoms with E-state index in [9.17, 15) is 4.79 Å². The predicted molar refractivity (Wildman–Crippen MR) is 55.7 cm³/mol. The first-order chi connectivity index (χ1) is 6.37. The van der Waals surface area contributed by atoms with E-state index in [1.807, 2.05) is 20.8 Å². The zero-order chi connectivity index (χ0) is 10.9. The SMILES string of the molecule is CC(C)(C)OC=O.Cc1cc2c(C)n1-2. The fraction of sp³-hybridized carbons (Fsp3) is 0.545. The smallest absolute Gasteiger partial charge is 0.293 e. The number of carbonyl (C=O) groups is 1. The molecule has 0 aliphatic carbocycles. The lowest BCUT2D eigenvalue weighted by Gasteiger charge is -2.14. The van der Waals surface area contributed by atoms with Crippen molar-refractivity contribution >= 4 is 6.47 Å². The van der Waals surface area contributed by atoms with Crippen molar-refractivity contribution in [2.75, 3.05) is 0 Å². The molecule has 0 aromatic heterocycles. The van der Waals surface area contributed by atoms with Gasteiger partial charge >= 0.3 is 0 Å². The number of carbonyl (C=O) groups excluding carboxylic acids is 1. The molecule has 2 heterocycles. The van der Waals surface area contributed by atoms with Gasteiger partial charge in [-0.05, 0) is 40.7 Å². The van der Waals surface area contributed by atoms with Crippen LogP contribution < -0.4 is 0 Å².